The average Bonchev–Trinajstić information content (AvgIpc) is 2.80. The van der Waals surface area contributed by atoms with E-state index in [1.165, 1.54) is 13.8 Å². The van der Waals surface area contributed by atoms with E-state index in [-0.39, 0.29) is 5.56 Å². The number of hydrogen-bond acceptors (Lipinski definition) is 11. The van der Waals surface area contributed by atoms with Gasteiger partial charge in [-0.1, -0.05) is 18.2 Å². The van der Waals surface area contributed by atoms with E-state index in [0.29, 0.717) is 16.6 Å². The summed E-state index contributed by atoms with van der Waals surface area (Å²) in [5, 5.41) is 3.08. The van der Waals surface area contributed by atoms with E-state index in [2.05, 4.69) is 10.3 Å². The molecule has 0 saturated carbocycles. The number of rotatable bonds is 7. The van der Waals surface area contributed by atoms with E-state index in [0.717, 1.165) is 13.8 Å². The van der Waals surface area contributed by atoms with Crippen molar-refractivity contribution in [3.8, 4) is 0 Å². The molecule has 12 heteroatoms. The molecule has 37 heavy (non-hydrogen) atoms. The van der Waals surface area contributed by atoms with Crippen molar-refractivity contribution in [2.24, 2.45) is 0 Å². The molecule has 2 heterocycles. The first-order valence-corrected chi connectivity index (χ1v) is 11.4. The zero-order valence-electron chi connectivity index (χ0n) is 21.0. The van der Waals surface area contributed by atoms with Gasteiger partial charge in [0.25, 0.3) is 0 Å². The minimum Gasteiger partial charge on any atom is -0.463 e. The molecule has 1 aliphatic rings. The highest BCUT2D eigenvalue weighted by Gasteiger charge is 2.52. The number of fused-ring (bicyclic) bond motifs is 1. The molecule has 1 aliphatic heterocycles. The summed E-state index contributed by atoms with van der Waals surface area (Å²) in [5.74, 6) is -3.51. The minimum atomic E-state index is -1.51. The summed E-state index contributed by atoms with van der Waals surface area (Å²) in [6.45, 7) is 5.93. The number of pyridine rings is 1. The van der Waals surface area contributed by atoms with E-state index in [1.54, 1.807) is 37.3 Å². The number of amides is 1. The molecule has 0 bridgehead atoms. The number of carbonyl (C=O) groups excluding carboxylic acids is 5. The molecule has 0 spiro atoms. The van der Waals surface area contributed by atoms with Crippen molar-refractivity contribution < 1.29 is 47.7 Å². The Morgan fingerprint density at radius 2 is 1.57 bits per heavy atom. The van der Waals surface area contributed by atoms with Crippen LogP contribution in [0.2, 0.25) is 0 Å². The highest BCUT2D eigenvalue weighted by atomic mass is 16.7. The van der Waals surface area contributed by atoms with Crippen LogP contribution >= 0.6 is 0 Å². The normalized spacial score (nSPS) is 23.0. The highest BCUT2D eigenvalue weighted by molar-refractivity contribution is 6.03. The largest absolute Gasteiger partial charge is 0.463 e. The van der Waals surface area contributed by atoms with Crippen molar-refractivity contribution in [1.29, 1.82) is 0 Å². The Balaban J connectivity index is 2.02. The molecule has 0 radical (unpaired) electrons. The zero-order valence-corrected chi connectivity index (χ0v) is 21.0. The van der Waals surface area contributed by atoms with E-state index < -0.39 is 67.0 Å². The zero-order chi connectivity index (χ0) is 27.3. The molecule has 2 aromatic rings. The van der Waals surface area contributed by atoms with Crippen molar-refractivity contribution in [3.05, 3.63) is 41.6 Å². The number of nitrogens with one attached hydrogen (secondary N) is 1. The summed E-state index contributed by atoms with van der Waals surface area (Å²) in [6.07, 6.45) is -5.35. The van der Waals surface area contributed by atoms with Crippen LogP contribution in [0.3, 0.4) is 0 Å². The number of hydrogen-bond donors (Lipinski definition) is 1. The van der Waals surface area contributed by atoms with Crippen LogP contribution in [0.15, 0.2) is 30.3 Å². The Kier molecular flexibility index (Phi) is 8.77. The molecule has 1 amide bonds. The van der Waals surface area contributed by atoms with Crippen LogP contribution in [0.5, 0.6) is 0 Å². The van der Waals surface area contributed by atoms with Gasteiger partial charge in [-0.25, -0.2) is 4.79 Å². The second kappa shape index (κ2) is 11.8. The fraction of sp³-hybridized carbons (Fsp3) is 0.440. The Morgan fingerprint density at radius 1 is 0.919 bits per heavy atom. The molecule has 1 N–H and O–H groups in total. The predicted octanol–water partition coefficient (Wildman–Crippen LogP) is 1.36. The van der Waals surface area contributed by atoms with Crippen LogP contribution in [0.25, 0.3) is 10.9 Å². The van der Waals surface area contributed by atoms with Gasteiger partial charge in [-0.15, -0.1) is 0 Å². The van der Waals surface area contributed by atoms with Gasteiger partial charge in [0.2, 0.25) is 12.2 Å². The SMILES string of the molecule is CC(=O)N[C@H]1[C@H](OC(=O)c2cc(C)nc3ccccc23)O[C@H](COC(C)=O)[C@@H](OC(C)=O)[C@@H]1OC(C)=O. The first kappa shape index (κ1) is 27.5. The predicted molar refractivity (Wildman–Crippen MR) is 126 cm³/mol. The number of esters is 4. The molecular weight excluding hydrogens is 488 g/mol. The van der Waals surface area contributed by atoms with Crippen molar-refractivity contribution in [1.82, 2.24) is 10.3 Å². The third kappa shape index (κ3) is 7.00. The van der Waals surface area contributed by atoms with Crippen molar-refractivity contribution in [2.45, 2.75) is 65.3 Å². The molecule has 0 unspecified atom stereocenters. The number of aromatic nitrogens is 1. The lowest BCUT2D eigenvalue weighted by Gasteiger charge is -2.44. The first-order chi connectivity index (χ1) is 17.5. The van der Waals surface area contributed by atoms with Gasteiger partial charge < -0.3 is 29.0 Å². The average molecular weight is 517 g/mol. The number of nitrogens with zero attached hydrogens (tertiary/aromatic N) is 1. The summed E-state index contributed by atoms with van der Waals surface area (Å²) < 4.78 is 27.4. The van der Waals surface area contributed by atoms with Gasteiger partial charge >= 0.3 is 23.9 Å². The van der Waals surface area contributed by atoms with E-state index in [9.17, 15) is 24.0 Å². The van der Waals surface area contributed by atoms with Gasteiger partial charge in [-0.05, 0) is 19.1 Å². The van der Waals surface area contributed by atoms with Crippen LogP contribution in [-0.4, -0.2) is 72.0 Å². The maximum absolute atomic E-state index is 13.4. The molecule has 1 saturated heterocycles. The smallest absolute Gasteiger partial charge is 0.341 e. The van der Waals surface area contributed by atoms with Gasteiger partial charge in [0.05, 0.1) is 11.1 Å². The summed E-state index contributed by atoms with van der Waals surface area (Å²) in [4.78, 5) is 65.1. The Bertz CT molecular complexity index is 1210. The second-order valence-corrected chi connectivity index (χ2v) is 8.45. The molecule has 0 aliphatic carbocycles. The first-order valence-electron chi connectivity index (χ1n) is 11.4. The Morgan fingerprint density at radius 3 is 2.19 bits per heavy atom. The van der Waals surface area contributed by atoms with E-state index in [1.807, 2.05) is 0 Å². The summed E-state index contributed by atoms with van der Waals surface area (Å²) in [7, 11) is 0. The summed E-state index contributed by atoms with van der Waals surface area (Å²) in [5.41, 5.74) is 1.32. The minimum absolute atomic E-state index is 0.191. The van der Waals surface area contributed by atoms with Crippen molar-refractivity contribution in [2.75, 3.05) is 6.61 Å². The number of benzene rings is 1. The molecular formula is C25H28N2O10. The lowest BCUT2D eigenvalue weighted by atomic mass is 9.96. The fourth-order valence-corrected chi connectivity index (χ4v) is 4.04. The lowest BCUT2D eigenvalue weighted by molar-refractivity contribution is -0.263. The molecule has 198 valence electrons. The lowest BCUT2D eigenvalue weighted by Crippen LogP contribution is -2.66. The van der Waals surface area contributed by atoms with Crippen LogP contribution < -0.4 is 5.32 Å². The third-order valence-corrected chi connectivity index (χ3v) is 5.36. The van der Waals surface area contributed by atoms with Crippen LogP contribution in [0.4, 0.5) is 0 Å². The van der Waals surface area contributed by atoms with Gasteiger partial charge in [0.15, 0.2) is 12.2 Å². The standard InChI is InChI=1S/C25H28N2O10/c1-12-10-18(17-8-6-7-9-19(17)26-12)24(32)37-25-21(27-13(2)28)23(35-16(5)31)22(34-15(4)30)20(36-25)11-33-14(3)29/h6-10,20-23,25H,11H2,1-5H3,(H,27,28)/t20-,21-,22-,23-,25+/m1/s1. The number of para-hydroxylation sites is 1. The van der Waals surface area contributed by atoms with Gasteiger partial charge in [-0.3, -0.25) is 24.2 Å². The molecule has 12 nitrogen and oxygen atoms in total. The summed E-state index contributed by atoms with van der Waals surface area (Å²) >= 11 is 0. The molecule has 1 aromatic carbocycles. The molecule has 5 atom stereocenters. The monoisotopic (exact) mass is 516 g/mol. The van der Waals surface area contributed by atoms with Gasteiger partial charge in [-0.2, -0.15) is 0 Å². The van der Waals surface area contributed by atoms with E-state index >= 15 is 0 Å². The number of ether oxygens (including phenoxy) is 5. The third-order valence-electron chi connectivity index (χ3n) is 5.36. The summed E-state index contributed by atoms with van der Waals surface area (Å²) in [6, 6.07) is 7.24. The van der Waals surface area contributed by atoms with E-state index in [4.69, 9.17) is 23.7 Å². The van der Waals surface area contributed by atoms with Gasteiger partial charge in [0.1, 0.15) is 18.8 Å². The number of carbonyl (C=O) groups is 5. The number of aryl methyl sites for hydroxylation is 1. The second-order valence-electron chi connectivity index (χ2n) is 8.45. The molecule has 1 fully saturated rings. The van der Waals surface area contributed by atoms with Crippen molar-refractivity contribution >= 4 is 40.7 Å². The van der Waals surface area contributed by atoms with Crippen LogP contribution in [0, 0.1) is 6.92 Å². The maximum Gasteiger partial charge on any atom is 0.341 e. The van der Waals surface area contributed by atoms with Gasteiger partial charge in [0, 0.05) is 38.8 Å². The quantitative estimate of drug-likeness (QED) is 0.418. The van der Waals surface area contributed by atoms with Crippen molar-refractivity contribution in [3.63, 3.8) is 0 Å². The topological polar surface area (TPSA) is 156 Å². The molecule has 3 rings (SSSR count). The highest BCUT2D eigenvalue weighted by Crippen LogP contribution is 2.29. The van der Waals surface area contributed by atoms with Crippen LogP contribution in [0.1, 0.15) is 43.7 Å². The maximum atomic E-state index is 13.4. The Labute approximate surface area is 212 Å². The van der Waals surface area contributed by atoms with Crippen LogP contribution in [-0.2, 0) is 42.9 Å². The Hall–Kier alpha value is -4.06. The molecule has 1 aromatic heterocycles. The fourth-order valence-electron chi connectivity index (χ4n) is 4.04.